The van der Waals surface area contributed by atoms with Gasteiger partial charge in [-0.2, -0.15) is 8.42 Å². The summed E-state index contributed by atoms with van der Waals surface area (Å²) in [5.74, 6) is 5.65. The minimum absolute atomic E-state index is 0.497. The molecule has 38 heavy (non-hydrogen) atoms. The molecule has 0 bridgehead atoms. The third-order valence-electron chi connectivity index (χ3n) is 12.7. The Balaban J connectivity index is 1.24. The van der Waals surface area contributed by atoms with Gasteiger partial charge in [-0.3, -0.25) is 9.45 Å². The van der Waals surface area contributed by atoms with Gasteiger partial charge in [0.05, 0.1) is 0 Å². The third-order valence-corrected chi connectivity index (χ3v) is 14.0. The maximum absolute atomic E-state index is 11.6. The van der Waals surface area contributed by atoms with E-state index in [0.717, 1.165) is 61.3 Å². The van der Waals surface area contributed by atoms with Gasteiger partial charge < -0.3 is 5.32 Å². The van der Waals surface area contributed by atoms with Crippen LogP contribution in [0.4, 0.5) is 0 Å². The zero-order valence-electron chi connectivity index (χ0n) is 25.6. The summed E-state index contributed by atoms with van der Waals surface area (Å²) in [7, 11) is -0.573. The minimum atomic E-state index is -4.01. The maximum Gasteiger partial charge on any atom is 0.281 e. The lowest BCUT2D eigenvalue weighted by molar-refractivity contribution is -0.117. The predicted molar refractivity (Wildman–Crippen MR) is 159 cm³/mol. The molecule has 0 radical (unpaired) electrons. The number of rotatable bonds is 12. The molecule has 5 nitrogen and oxygen atoms in total. The molecular formula is C32H60N2O3S. The van der Waals surface area contributed by atoms with Gasteiger partial charge in [-0.05, 0) is 138 Å². The van der Waals surface area contributed by atoms with Crippen LogP contribution in [0.1, 0.15) is 124 Å². The fourth-order valence-corrected chi connectivity index (χ4v) is 11.7. The maximum atomic E-state index is 11.6. The summed E-state index contributed by atoms with van der Waals surface area (Å²) in [5.41, 5.74) is 1.15. The van der Waals surface area contributed by atoms with E-state index in [1.165, 1.54) is 70.6 Å². The fourth-order valence-electron chi connectivity index (χ4n) is 10.7. The van der Waals surface area contributed by atoms with Crippen LogP contribution in [-0.2, 0) is 10.1 Å². The van der Waals surface area contributed by atoms with Crippen LogP contribution in [0.3, 0.4) is 0 Å². The average Bonchev–Trinajstić information content (AvgIpc) is 3.20. The lowest BCUT2D eigenvalue weighted by Crippen LogP contribution is -2.55. The molecule has 4 rings (SSSR count). The van der Waals surface area contributed by atoms with Gasteiger partial charge in [0.1, 0.15) is 5.37 Å². The summed E-state index contributed by atoms with van der Waals surface area (Å²) in [6, 6.07) is 0.650. The fraction of sp³-hybridized carbons (Fsp3) is 1.00. The number of fused-ring (bicyclic) bond motifs is 5. The van der Waals surface area contributed by atoms with Gasteiger partial charge in [-0.15, -0.1) is 0 Å². The van der Waals surface area contributed by atoms with Gasteiger partial charge in [0.25, 0.3) is 10.1 Å². The van der Waals surface area contributed by atoms with Gasteiger partial charge in [-0.1, -0.05) is 53.4 Å². The zero-order chi connectivity index (χ0) is 27.7. The first-order chi connectivity index (χ1) is 17.9. The SMILES string of the molecule is CCC[C@@H](C)[C@H]1CCC2C3CCC4CC(NCCCCCC(N(C)C)S(=O)(=O)O)CC[C@]4(C)C3CC[C@@]21C. The molecule has 6 unspecified atom stereocenters. The van der Waals surface area contributed by atoms with Crippen LogP contribution in [0.2, 0.25) is 0 Å². The largest absolute Gasteiger partial charge is 0.314 e. The molecule has 0 aliphatic heterocycles. The Morgan fingerprint density at radius 2 is 1.63 bits per heavy atom. The van der Waals surface area contributed by atoms with Crippen molar-refractivity contribution in [2.75, 3.05) is 20.6 Å². The van der Waals surface area contributed by atoms with Crippen LogP contribution >= 0.6 is 0 Å². The molecule has 0 saturated heterocycles. The first-order valence-corrected chi connectivity index (χ1v) is 17.8. The minimum Gasteiger partial charge on any atom is -0.314 e. The second-order valence-corrected chi connectivity index (χ2v) is 16.4. The number of hydrogen-bond acceptors (Lipinski definition) is 4. The Hall–Kier alpha value is -0.170. The molecule has 4 saturated carbocycles. The molecule has 4 fully saturated rings. The molecule has 4 aliphatic rings. The Morgan fingerprint density at radius 3 is 2.32 bits per heavy atom. The third kappa shape index (κ3) is 6.19. The van der Waals surface area contributed by atoms with Gasteiger partial charge in [-0.25, -0.2) is 0 Å². The summed E-state index contributed by atoms with van der Waals surface area (Å²) in [5, 5.41) is 3.10. The van der Waals surface area contributed by atoms with E-state index < -0.39 is 15.5 Å². The summed E-state index contributed by atoms with van der Waals surface area (Å²) in [6.45, 7) is 11.3. The lowest BCUT2D eigenvalue weighted by Gasteiger charge is -2.61. The van der Waals surface area contributed by atoms with Gasteiger partial charge in [0, 0.05) is 6.04 Å². The van der Waals surface area contributed by atoms with E-state index >= 15 is 0 Å². The van der Waals surface area contributed by atoms with E-state index in [1.54, 1.807) is 19.0 Å². The average molecular weight is 553 g/mol. The van der Waals surface area contributed by atoms with Crippen molar-refractivity contribution in [2.24, 2.45) is 46.3 Å². The van der Waals surface area contributed by atoms with Gasteiger partial charge in [0.15, 0.2) is 0 Å². The molecule has 0 aromatic rings. The van der Waals surface area contributed by atoms with Crippen LogP contribution in [0.25, 0.3) is 0 Å². The van der Waals surface area contributed by atoms with Crippen LogP contribution in [-0.4, -0.2) is 49.9 Å². The number of nitrogens with one attached hydrogen (secondary N) is 1. The normalized spacial score (nSPS) is 40.8. The molecule has 222 valence electrons. The standard InChI is InChI=1S/C32H60N2O3S/c1-7-11-23(2)27-15-16-28-26-14-13-24-22-25(17-19-31(24,3)29(26)18-20-32(27,28)4)33-21-10-8-9-12-30(34(5)6)38(35,36)37/h23-30,33H,7-22H2,1-6H3,(H,35,36,37)/t23-,24?,25?,26?,27-,28?,29?,30?,31+,32-/m1/s1. The van der Waals surface area contributed by atoms with Crippen molar-refractivity contribution in [3.8, 4) is 0 Å². The van der Waals surface area contributed by atoms with Crippen molar-refractivity contribution in [1.82, 2.24) is 10.2 Å². The smallest absolute Gasteiger partial charge is 0.281 e. The Kier molecular flexibility index (Phi) is 10.0. The van der Waals surface area contributed by atoms with E-state index in [-0.39, 0.29) is 0 Å². The van der Waals surface area contributed by atoms with E-state index in [9.17, 15) is 13.0 Å². The van der Waals surface area contributed by atoms with Crippen molar-refractivity contribution in [3.05, 3.63) is 0 Å². The highest BCUT2D eigenvalue weighted by Crippen LogP contribution is 2.68. The van der Waals surface area contributed by atoms with E-state index in [1.807, 2.05) is 0 Å². The van der Waals surface area contributed by atoms with Crippen molar-refractivity contribution in [2.45, 2.75) is 135 Å². The molecule has 0 aromatic heterocycles. The number of hydrogen-bond donors (Lipinski definition) is 2. The van der Waals surface area contributed by atoms with Crippen molar-refractivity contribution in [1.29, 1.82) is 0 Å². The van der Waals surface area contributed by atoms with Gasteiger partial charge >= 0.3 is 0 Å². The second kappa shape index (κ2) is 12.4. The van der Waals surface area contributed by atoms with Crippen molar-refractivity contribution in [3.63, 3.8) is 0 Å². The second-order valence-electron chi connectivity index (χ2n) is 14.9. The topological polar surface area (TPSA) is 69.6 Å². The lowest BCUT2D eigenvalue weighted by atomic mass is 9.44. The monoisotopic (exact) mass is 552 g/mol. The van der Waals surface area contributed by atoms with E-state index in [0.29, 0.717) is 23.3 Å². The molecule has 0 spiro atoms. The van der Waals surface area contributed by atoms with Crippen molar-refractivity contribution >= 4 is 10.1 Å². The Morgan fingerprint density at radius 1 is 0.921 bits per heavy atom. The molecule has 0 amide bonds. The van der Waals surface area contributed by atoms with Crippen LogP contribution in [0.15, 0.2) is 0 Å². The van der Waals surface area contributed by atoms with Crippen LogP contribution < -0.4 is 5.32 Å². The molecule has 6 heteroatoms. The molecule has 0 heterocycles. The molecule has 4 aliphatic carbocycles. The van der Waals surface area contributed by atoms with Gasteiger partial charge in [0.2, 0.25) is 0 Å². The quantitative estimate of drug-likeness (QED) is 0.195. The first kappa shape index (κ1) is 30.8. The summed E-state index contributed by atoms with van der Waals surface area (Å²) >= 11 is 0. The molecule has 0 aromatic carbocycles. The van der Waals surface area contributed by atoms with Crippen LogP contribution in [0.5, 0.6) is 0 Å². The van der Waals surface area contributed by atoms with Crippen molar-refractivity contribution < 1.29 is 13.0 Å². The summed E-state index contributed by atoms with van der Waals surface area (Å²) in [6.07, 6.45) is 19.1. The highest BCUT2D eigenvalue weighted by molar-refractivity contribution is 7.86. The van der Waals surface area contributed by atoms with Crippen LogP contribution in [0, 0.1) is 46.3 Å². The highest BCUT2D eigenvalue weighted by atomic mass is 32.2. The highest BCUT2D eigenvalue weighted by Gasteiger charge is 2.60. The molecule has 10 atom stereocenters. The number of unbranched alkanes of at least 4 members (excludes halogenated alkanes) is 2. The summed E-state index contributed by atoms with van der Waals surface area (Å²) in [4.78, 5) is 1.60. The zero-order valence-corrected chi connectivity index (χ0v) is 26.4. The Labute approximate surface area is 235 Å². The number of nitrogens with zero attached hydrogens (tertiary/aromatic N) is 1. The van der Waals surface area contributed by atoms with E-state index in [2.05, 4.69) is 33.0 Å². The summed E-state index contributed by atoms with van der Waals surface area (Å²) < 4.78 is 32.6. The predicted octanol–water partition coefficient (Wildman–Crippen LogP) is 7.38. The van der Waals surface area contributed by atoms with E-state index in [4.69, 9.17) is 0 Å². The Bertz CT molecular complexity index is 878. The molecular weight excluding hydrogens is 492 g/mol. The first-order valence-electron chi connectivity index (χ1n) is 16.3. The molecule has 2 N–H and O–H groups in total.